The van der Waals surface area contributed by atoms with Crippen molar-refractivity contribution in [3.05, 3.63) is 29.8 Å². The SMILES string of the molecule is CC(C(=O)Nc1ccccc1C#N)N1CCC(C)(C)CC1. The zero-order valence-corrected chi connectivity index (χ0v) is 13.0. The van der Waals surface area contributed by atoms with Crippen LogP contribution in [0.15, 0.2) is 24.3 Å². The Bertz CT molecular complexity index is 549. The molecular weight excluding hydrogens is 262 g/mol. The number of para-hydroxylation sites is 1. The molecular formula is C17H23N3O. The molecule has 1 aromatic carbocycles. The van der Waals surface area contributed by atoms with Crippen molar-refractivity contribution in [1.82, 2.24) is 4.90 Å². The normalized spacial score (nSPS) is 19.5. The predicted molar refractivity (Wildman–Crippen MR) is 83.8 cm³/mol. The van der Waals surface area contributed by atoms with Gasteiger partial charge in [0.25, 0.3) is 0 Å². The summed E-state index contributed by atoms with van der Waals surface area (Å²) in [5.41, 5.74) is 1.46. The third-order valence-corrected chi connectivity index (χ3v) is 4.38. The maximum absolute atomic E-state index is 12.4. The van der Waals surface area contributed by atoms with Gasteiger partial charge in [-0.25, -0.2) is 0 Å². The molecule has 4 nitrogen and oxygen atoms in total. The van der Waals surface area contributed by atoms with Gasteiger partial charge < -0.3 is 5.32 Å². The third kappa shape index (κ3) is 3.83. The van der Waals surface area contributed by atoms with Crippen LogP contribution in [0.3, 0.4) is 0 Å². The molecule has 1 atom stereocenters. The number of benzene rings is 1. The lowest BCUT2D eigenvalue weighted by Gasteiger charge is -2.39. The van der Waals surface area contributed by atoms with E-state index in [1.165, 1.54) is 0 Å². The number of carbonyl (C=O) groups is 1. The number of anilines is 1. The van der Waals surface area contributed by atoms with E-state index in [4.69, 9.17) is 5.26 Å². The number of piperidine rings is 1. The van der Waals surface area contributed by atoms with E-state index in [1.54, 1.807) is 18.2 Å². The lowest BCUT2D eigenvalue weighted by molar-refractivity contribution is -0.121. The van der Waals surface area contributed by atoms with E-state index in [9.17, 15) is 4.79 Å². The molecule has 1 N–H and O–H groups in total. The van der Waals surface area contributed by atoms with Crippen molar-refractivity contribution in [2.24, 2.45) is 5.41 Å². The monoisotopic (exact) mass is 285 g/mol. The Balaban J connectivity index is 1.99. The van der Waals surface area contributed by atoms with Crippen LogP contribution in [0.2, 0.25) is 0 Å². The minimum atomic E-state index is -0.173. The van der Waals surface area contributed by atoms with E-state index >= 15 is 0 Å². The molecule has 1 amide bonds. The summed E-state index contributed by atoms with van der Waals surface area (Å²) in [7, 11) is 0. The highest BCUT2D eigenvalue weighted by Crippen LogP contribution is 2.30. The van der Waals surface area contributed by atoms with E-state index in [0.29, 0.717) is 16.7 Å². The summed E-state index contributed by atoms with van der Waals surface area (Å²) in [6.45, 7) is 8.38. The van der Waals surface area contributed by atoms with Gasteiger partial charge in [0.05, 0.1) is 17.3 Å². The Morgan fingerprint density at radius 3 is 2.57 bits per heavy atom. The topological polar surface area (TPSA) is 56.1 Å². The van der Waals surface area contributed by atoms with E-state index in [1.807, 2.05) is 13.0 Å². The number of rotatable bonds is 3. The van der Waals surface area contributed by atoms with Gasteiger partial charge in [-0.05, 0) is 50.4 Å². The van der Waals surface area contributed by atoms with Crippen LogP contribution in [0.4, 0.5) is 5.69 Å². The lowest BCUT2D eigenvalue weighted by atomic mass is 9.82. The molecule has 0 aliphatic carbocycles. The standard InChI is InChI=1S/C17H23N3O/c1-13(20-10-8-17(2,3)9-11-20)16(21)19-15-7-5-4-6-14(15)12-18/h4-7,13H,8-11H2,1-3H3,(H,19,21). The van der Waals surface area contributed by atoms with Crippen LogP contribution in [0.1, 0.15) is 39.2 Å². The molecule has 0 bridgehead atoms. The van der Waals surface area contributed by atoms with Gasteiger partial charge in [-0.1, -0.05) is 26.0 Å². The fourth-order valence-corrected chi connectivity index (χ4v) is 2.61. The number of amides is 1. The van der Waals surface area contributed by atoms with Gasteiger partial charge in [-0.3, -0.25) is 9.69 Å². The molecule has 0 saturated carbocycles. The summed E-state index contributed by atoms with van der Waals surface area (Å²) in [5, 5.41) is 11.9. The van der Waals surface area contributed by atoms with Crippen molar-refractivity contribution in [2.45, 2.75) is 39.7 Å². The zero-order valence-electron chi connectivity index (χ0n) is 13.0. The molecule has 1 unspecified atom stereocenters. The van der Waals surface area contributed by atoms with Crippen LogP contribution in [0.5, 0.6) is 0 Å². The highest BCUT2D eigenvalue weighted by atomic mass is 16.2. The molecule has 0 spiro atoms. The zero-order chi connectivity index (χ0) is 15.5. The minimum absolute atomic E-state index is 0.0441. The summed E-state index contributed by atoms with van der Waals surface area (Å²) in [5.74, 6) is -0.0441. The molecule has 1 saturated heterocycles. The van der Waals surface area contributed by atoms with Gasteiger partial charge in [-0.15, -0.1) is 0 Å². The first kappa shape index (κ1) is 15.5. The molecule has 1 aliphatic rings. The van der Waals surface area contributed by atoms with E-state index in [0.717, 1.165) is 25.9 Å². The highest BCUT2D eigenvalue weighted by Gasteiger charge is 2.30. The molecule has 0 aromatic heterocycles. The highest BCUT2D eigenvalue weighted by molar-refractivity contribution is 5.95. The molecule has 21 heavy (non-hydrogen) atoms. The first-order chi connectivity index (χ1) is 9.93. The van der Waals surface area contributed by atoms with Crippen molar-refractivity contribution in [3.63, 3.8) is 0 Å². The maximum Gasteiger partial charge on any atom is 0.241 e. The second-order valence-electron chi connectivity index (χ2n) is 6.52. The first-order valence-corrected chi connectivity index (χ1v) is 7.47. The van der Waals surface area contributed by atoms with Gasteiger partial charge in [0.1, 0.15) is 6.07 Å². The number of nitrogens with zero attached hydrogens (tertiary/aromatic N) is 2. The fourth-order valence-electron chi connectivity index (χ4n) is 2.61. The number of nitriles is 1. The summed E-state index contributed by atoms with van der Waals surface area (Å²) in [6.07, 6.45) is 2.22. The van der Waals surface area contributed by atoms with Crippen LogP contribution in [-0.2, 0) is 4.79 Å². The summed E-state index contributed by atoms with van der Waals surface area (Å²) < 4.78 is 0. The first-order valence-electron chi connectivity index (χ1n) is 7.47. The fraction of sp³-hybridized carbons (Fsp3) is 0.529. The molecule has 2 rings (SSSR count). The molecule has 1 aliphatic heterocycles. The maximum atomic E-state index is 12.4. The van der Waals surface area contributed by atoms with Crippen LogP contribution in [-0.4, -0.2) is 29.9 Å². The molecule has 0 radical (unpaired) electrons. The summed E-state index contributed by atoms with van der Waals surface area (Å²) in [4.78, 5) is 14.6. The predicted octanol–water partition coefficient (Wildman–Crippen LogP) is 3.01. The van der Waals surface area contributed by atoms with E-state index in [-0.39, 0.29) is 11.9 Å². The Morgan fingerprint density at radius 1 is 1.33 bits per heavy atom. The lowest BCUT2D eigenvalue weighted by Crippen LogP contribution is -2.47. The van der Waals surface area contributed by atoms with Gasteiger partial charge in [-0.2, -0.15) is 5.26 Å². The number of hydrogen-bond donors (Lipinski definition) is 1. The van der Waals surface area contributed by atoms with Gasteiger partial charge >= 0.3 is 0 Å². The Kier molecular flexibility index (Phi) is 4.64. The van der Waals surface area contributed by atoms with Crippen LogP contribution in [0.25, 0.3) is 0 Å². The van der Waals surface area contributed by atoms with Crippen LogP contribution >= 0.6 is 0 Å². The average molecular weight is 285 g/mol. The van der Waals surface area contributed by atoms with Crippen LogP contribution in [0, 0.1) is 16.7 Å². The van der Waals surface area contributed by atoms with Gasteiger partial charge in [0.15, 0.2) is 0 Å². The number of nitrogens with one attached hydrogen (secondary N) is 1. The molecule has 112 valence electrons. The van der Waals surface area contributed by atoms with E-state index in [2.05, 4.69) is 30.1 Å². The third-order valence-electron chi connectivity index (χ3n) is 4.38. The average Bonchev–Trinajstić information content (AvgIpc) is 2.47. The summed E-state index contributed by atoms with van der Waals surface area (Å²) in [6, 6.07) is 9.03. The molecule has 4 heteroatoms. The van der Waals surface area contributed by atoms with Gasteiger partial charge in [0.2, 0.25) is 5.91 Å². The Labute approximate surface area is 126 Å². The number of likely N-dealkylation sites (tertiary alicyclic amines) is 1. The van der Waals surface area contributed by atoms with Gasteiger partial charge in [0, 0.05) is 0 Å². The van der Waals surface area contributed by atoms with Crippen LogP contribution < -0.4 is 5.32 Å². The quantitative estimate of drug-likeness (QED) is 0.928. The second kappa shape index (κ2) is 6.28. The van der Waals surface area contributed by atoms with E-state index < -0.39 is 0 Å². The molecule has 1 heterocycles. The Morgan fingerprint density at radius 2 is 1.95 bits per heavy atom. The van der Waals surface area contributed by atoms with Crippen molar-refractivity contribution < 1.29 is 4.79 Å². The second-order valence-corrected chi connectivity index (χ2v) is 6.52. The Hall–Kier alpha value is -1.86. The molecule has 1 fully saturated rings. The smallest absolute Gasteiger partial charge is 0.241 e. The van der Waals surface area contributed by atoms with Crippen molar-refractivity contribution in [3.8, 4) is 6.07 Å². The van der Waals surface area contributed by atoms with Crippen molar-refractivity contribution >= 4 is 11.6 Å². The summed E-state index contributed by atoms with van der Waals surface area (Å²) >= 11 is 0. The minimum Gasteiger partial charge on any atom is -0.324 e. The number of carbonyl (C=O) groups excluding carboxylic acids is 1. The molecule has 1 aromatic rings. The largest absolute Gasteiger partial charge is 0.324 e. The van der Waals surface area contributed by atoms with Crippen molar-refractivity contribution in [1.29, 1.82) is 5.26 Å². The van der Waals surface area contributed by atoms with Crippen molar-refractivity contribution in [2.75, 3.05) is 18.4 Å². The number of hydrogen-bond acceptors (Lipinski definition) is 3.